The Bertz CT molecular complexity index is 298. The third-order valence-corrected chi connectivity index (χ3v) is 3.02. The molecule has 5 atom stereocenters. The Balaban J connectivity index is 3.00. The molecule has 5 unspecified atom stereocenters. The fraction of sp³-hybridized carbons (Fsp3) is 0.909. The molecular formula is C11H20O7. The maximum atomic E-state index is 11.7. The minimum Gasteiger partial charge on any atom is -0.390 e. The van der Waals surface area contributed by atoms with Crippen LogP contribution in [0.25, 0.3) is 0 Å². The average Bonchev–Trinajstić information content (AvgIpc) is 2.23. The first-order chi connectivity index (χ1) is 8.20. The molecule has 1 aliphatic rings. The summed E-state index contributed by atoms with van der Waals surface area (Å²) in [6.45, 7) is 5.34. The van der Waals surface area contributed by atoms with Crippen LogP contribution in [0.2, 0.25) is 0 Å². The Morgan fingerprint density at radius 2 is 1.72 bits per heavy atom. The van der Waals surface area contributed by atoms with E-state index >= 15 is 0 Å². The molecule has 1 heterocycles. The van der Waals surface area contributed by atoms with Gasteiger partial charge in [0.25, 0.3) is 0 Å². The summed E-state index contributed by atoms with van der Waals surface area (Å²) in [5.74, 6) is -1.60. The highest BCUT2D eigenvalue weighted by Crippen LogP contribution is 2.38. The van der Waals surface area contributed by atoms with Gasteiger partial charge in [-0.1, -0.05) is 20.8 Å². The number of aliphatic hydroxyl groups excluding tert-OH is 3. The van der Waals surface area contributed by atoms with Gasteiger partial charge in [0.05, 0.1) is 13.2 Å². The molecule has 0 aromatic rings. The minimum atomic E-state index is -1.65. The van der Waals surface area contributed by atoms with E-state index in [1.807, 2.05) is 0 Å². The molecule has 0 saturated carbocycles. The van der Waals surface area contributed by atoms with E-state index in [2.05, 4.69) is 9.78 Å². The summed E-state index contributed by atoms with van der Waals surface area (Å²) in [6, 6.07) is 0. The number of aliphatic hydroxyl groups is 3. The van der Waals surface area contributed by atoms with Gasteiger partial charge in [-0.05, 0) is 5.41 Å². The summed E-state index contributed by atoms with van der Waals surface area (Å²) in [4.78, 5) is 20.3. The van der Waals surface area contributed by atoms with Gasteiger partial charge in [-0.25, -0.2) is 4.79 Å². The van der Waals surface area contributed by atoms with Crippen LogP contribution in [0.3, 0.4) is 0 Å². The third-order valence-electron chi connectivity index (χ3n) is 3.02. The molecular weight excluding hydrogens is 244 g/mol. The molecule has 1 fully saturated rings. The van der Waals surface area contributed by atoms with Gasteiger partial charge >= 0.3 is 5.97 Å². The predicted molar refractivity (Wildman–Crippen MR) is 58.9 cm³/mol. The van der Waals surface area contributed by atoms with Gasteiger partial charge in [-0.2, -0.15) is 4.89 Å². The van der Waals surface area contributed by atoms with Crippen LogP contribution in [0.4, 0.5) is 0 Å². The molecule has 0 aromatic carbocycles. The first-order valence-corrected chi connectivity index (χ1v) is 5.64. The first kappa shape index (κ1) is 15.3. The van der Waals surface area contributed by atoms with E-state index in [1.165, 1.54) is 0 Å². The van der Waals surface area contributed by atoms with E-state index in [-0.39, 0.29) is 0 Å². The lowest BCUT2D eigenvalue weighted by molar-refractivity contribution is -0.307. The standard InChI is InChI=1S/C11H20O7/c1-11(2,3)5-6(12)7(13)9(14)17-8(5)10(15)18-16-4/h5-9,12-14H,1-4H3. The van der Waals surface area contributed by atoms with Crippen LogP contribution < -0.4 is 0 Å². The fourth-order valence-electron chi connectivity index (χ4n) is 2.17. The maximum absolute atomic E-state index is 11.7. The van der Waals surface area contributed by atoms with Crippen molar-refractivity contribution < 1.29 is 34.6 Å². The molecule has 0 amide bonds. The molecule has 1 rings (SSSR count). The zero-order chi connectivity index (χ0) is 14.1. The topological polar surface area (TPSA) is 105 Å². The van der Waals surface area contributed by atoms with E-state index in [0.29, 0.717) is 0 Å². The fourth-order valence-corrected chi connectivity index (χ4v) is 2.17. The number of carbonyl (C=O) groups is 1. The van der Waals surface area contributed by atoms with Crippen LogP contribution in [0.15, 0.2) is 0 Å². The van der Waals surface area contributed by atoms with Gasteiger partial charge in [0.15, 0.2) is 12.4 Å². The Labute approximate surface area is 105 Å². The van der Waals surface area contributed by atoms with Crippen molar-refractivity contribution in [1.29, 1.82) is 0 Å². The van der Waals surface area contributed by atoms with E-state index in [9.17, 15) is 20.1 Å². The van der Waals surface area contributed by atoms with E-state index in [1.54, 1.807) is 20.8 Å². The summed E-state index contributed by atoms with van der Waals surface area (Å²) < 4.78 is 5.01. The van der Waals surface area contributed by atoms with Crippen LogP contribution in [-0.4, -0.2) is 53.0 Å². The molecule has 0 aliphatic carbocycles. The molecule has 3 N–H and O–H groups in total. The normalized spacial score (nSPS) is 37.4. The van der Waals surface area contributed by atoms with Crippen molar-refractivity contribution in [2.45, 2.75) is 45.4 Å². The van der Waals surface area contributed by atoms with Crippen LogP contribution >= 0.6 is 0 Å². The van der Waals surface area contributed by atoms with Gasteiger partial charge in [-0.3, -0.25) is 4.89 Å². The Morgan fingerprint density at radius 3 is 2.17 bits per heavy atom. The van der Waals surface area contributed by atoms with Crippen LogP contribution in [0.1, 0.15) is 20.8 Å². The second-order valence-electron chi connectivity index (χ2n) is 5.39. The highest BCUT2D eigenvalue weighted by Gasteiger charge is 2.52. The smallest absolute Gasteiger partial charge is 0.371 e. The van der Waals surface area contributed by atoms with E-state index < -0.39 is 41.9 Å². The van der Waals surface area contributed by atoms with E-state index in [0.717, 1.165) is 7.11 Å². The highest BCUT2D eigenvalue weighted by molar-refractivity contribution is 5.75. The van der Waals surface area contributed by atoms with Crippen molar-refractivity contribution >= 4 is 5.97 Å². The maximum Gasteiger partial charge on any atom is 0.371 e. The number of ether oxygens (including phenoxy) is 1. The predicted octanol–water partition coefficient (Wildman–Crippen LogP) is -0.808. The van der Waals surface area contributed by atoms with E-state index in [4.69, 9.17) is 4.74 Å². The number of hydrogen-bond acceptors (Lipinski definition) is 7. The lowest BCUT2D eigenvalue weighted by atomic mass is 9.71. The molecule has 18 heavy (non-hydrogen) atoms. The largest absolute Gasteiger partial charge is 0.390 e. The zero-order valence-electron chi connectivity index (χ0n) is 10.9. The molecule has 7 nitrogen and oxygen atoms in total. The Hall–Kier alpha value is -0.730. The van der Waals surface area contributed by atoms with Crippen molar-refractivity contribution in [3.05, 3.63) is 0 Å². The van der Waals surface area contributed by atoms with Crippen LogP contribution in [0, 0.1) is 11.3 Å². The van der Waals surface area contributed by atoms with Gasteiger partial charge in [0.2, 0.25) is 0 Å². The highest BCUT2D eigenvalue weighted by atomic mass is 17.2. The van der Waals surface area contributed by atoms with Gasteiger partial charge in [0, 0.05) is 5.92 Å². The molecule has 0 spiro atoms. The van der Waals surface area contributed by atoms with Crippen molar-refractivity contribution in [3.8, 4) is 0 Å². The molecule has 7 heteroatoms. The third kappa shape index (κ3) is 2.99. The summed E-state index contributed by atoms with van der Waals surface area (Å²) in [5.41, 5.74) is -0.544. The lowest BCUT2D eigenvalue weighted by Gasteiger charge is -2.45. The van der Waals surface area contributed by atoms with Gasteiger partial charge in [0.1, 0.15) is 6.10 Å². The lowest BCUT2D eigenvalue weighted by Crippen LogP contribution is -2.60. The van der Waals surface area contributed by atoms with Crippen molar-refractivity contribution in [2.75, 3.05) is 7.11 Å². The van der Waals surface area contributed by atoms with Crippen molar-refractivity contribution in [3.63, 3.8) is 0 Å². The number of hydrogen-bond donors (Lipinski definition) is 3. The second-order valence-corrected chi connectivity index (χ2v) is 5.39. The van der Waals surface area contributed by atoms with Crippen LogP contribution in [-0.2, 0) is 19.3 Å². The average molecular weight is 264 g/mol. The van der Waals surface area contributed by atoms with Crippen molar-refractivity contribution in [2.24, 2.45) is 11.3 Å². The van der Waals surface area contributed by atoms with Crippen LogP contribution in [0.5, 0.6) is 0 Å². The Morgan fingerprint density at radius 1 is 1.17 bits per heavy atom. The molecule has 0 bridgehead atoms. The zero-order valence-corrected chi connectivity index (χ0v) is 10.9. The number of rotatable bonds is 2. The van der Waals surface area contributed by atoms with Crippen molar-refractivity contribution in [1.82, 2.24) is 0 Å². The number of carbonyl (C=O) groups excluding carboxylic acids is 1. The Kier molecular flexibility index (Phi) is 4.68. The minimum absolute atomic E-state index is 0.544. The summed E-state index contributed by atoms with van der Waals surface area (Å²) in [7, 11) is 1.16. The van der Waals surface area contributed by atoms with Gasteiger partial charge in [-0.15, -0.1) is 0 Å². The summed E-state index contributed by atoms with van der Waals surface area (Å²) in [6.07, 6.45) is -5.63. The molecule has 1 saturated heterocycles. The summed E-state index contributed by atoms with van der Waals surface area (Å²) >= 11 is 0. The molecule has 0 aromatic heterocycles. The second kappa shape index (κ2) is 5.50. The first-order valence-electron chi connectivity index (χ1n) is 5.64. The van der Waals surface area contributed by atoms with Gasteiger partial charge < -0.3 is 20.1 Å². The summed E-state index contributed by atoms with van der Waals surface area (Å²) in [5, 5.41) is 29.0. The monoisotopic (exact) mass is 264 g/mol. The quantitative estimate of drug-likeness (QED) is 0.442. The molecule has 1 aliphatic heterocycles. The molecule has 106 valence electrons. The SMILES string of the molecule is COOC(=O)C1OC(O)C(O)C(O)C1C(C)(C)C. The molecule has 0 radical (unpaired) electrons.